The van der Waals surface area contributed by atoms with Gasteiger partial charge >= 0.3 is 0 Å². The smallest absolute Gasteiger partial charge is 0.220 e. The Hall–Kier alpha value is -0.870. The molecule has 2 atom stereocenters. The SMILES string of the molecule is CCCC(C)(O)CNC(=O)CC(C)c1ccc(Br)cc1. The van der Waals surface area contributed by atoms with Gasteiger partial charge in [-0.2, -0.15) is 0 Å². The third-order valence-electron chi connectivity index (χ3n) is 3.39. The van der Waals surface area contributed by atoms with Gasteiger partial charge in [0.25, 0.3) is 0 Å². The van der Waals surface area contributed by atoms with Crippen molar-refractivity contribution in [1.29, 1.82) is 0 Å². The molecule has 0 radical (unpaired) electrons. The zero-order valence-electron chi connectivity index (χ0n) is 12.4. The van der Waals surface area contributed by atoms with Crippen LogP contribution in [-0.4, -0.2) is 23.2 Å². The van der Waals surface area contributed by atoms with Gasteiger partial charge in [-0.1, -0.05) is 48.3 Å². The summed E-state index contributed by atoms with van der Waals surface area (Å²) in [7, 11) is 0. The summed E-state index contributed by atoms with van der Waals surface area (Å²) in [5, 5.41) is 12.8. The van der Waals surface area contributed by atoms with E-state index in [4.69, 9.17) is 0 Å². The molecule has 1 aromatic rings. The van der Waals surface area contributed by atoms with Gasteiger partial charge in [-0.3, -0.25) is 4.79 Å². The first-order valence-electron chi connectivity index (χ1n) is 7.08. The highest BCUT2D eigenvalue weighted by molar-refractivity contribution is 9.10. The summed E-state index contributed by atoms with van der Waals surface area (Å²) >= 11 is 3.40. The van der Waals surface area contributed by atoms with Crippen molar-refractivity contribution in [3.05, 3.63) is 34.3 Å². The Labute approximate surface area is 129 Å². The Morgan fingerprint density at radius 1 is 1.40 bits per heavy atom. The number of carbonyl (C=O) groups is 1. The van der Waals surface area contributed by atoms with Crippen LogP contribution in [0.1, 0.15) is 51.5 Å². The number of amides is 1. The summed E-state index contributed by atoms with van der Waals surface area (Å²) < 4.78 is 1.04. The summed E-state index contributed by atoms with van der Waals surface area (Å²) in [5.74, 6) is 0.149. The van der Waals surface area contributed by atoms with Gasteiger partial charge in [0.1, 0.15) is 0 Å². The predicted molar refractivity (Wildman–Crippen MR) is 85.7 cm³/mol. The Kier molecular flexibility index (Phi) is 6.69. The average Bonchev–Trinajstić information content (AvgIpc) is 2.37. The maximum Gasteiger partial charge on any atom is 0.220 e. The molecule has 2 N–H and O–H groups in total. The van der Waals surface area contributed by atoms with Gasteiger partial charge in [0.2, 0.25) is 5.91 Å². The zero-order chi connectivity index (χ0) is 15.2. The van der Waals surface area contributed by atoms with E-state index < -0.39 is 5.60 Å². The fourth-order valence-corrected chi connectivity index (χ4v) is 2.44. The van der Waals surface area contributed by atoms with Crippen LogP contribution in [0, 0.1) is 0 Å². The monoisotopic (exact) mass is 341 g/mol. The van der Waals surface area contributed by atoms with Crippen molar-refractivity contribution in [3.63, 3.8) is 0 Å². The molecule has 1 amide bonds. The van der Waals surface area contributed by atoms with Crippen LogP contribution < -0.4 is 5.32 Å². The van der Waals surface area contributed by atoms with Crippen LogP contribution in [0.5, 0.6) is 0 Å². The van der Waals surface area contributed by atoms with Crippen molar-refractivity contribution >= 4 is 21.8 Å². The number of aliphatic hydroxyl groups is 1. The summed E-state index contributed by atoms with van der Waals surface area (Å²) in [5.41, 5.74) is 0.328. The van der Waals surface area contributed by atoms with Crippen LogP contribution in [0.3, 0.4) is 0 Å². The minimum absolute atomic E-state index is 0.0169. The van der Waals surface area contributed by atoms with Gasteiger partial charge < -0.3 is 10.4 Å². The highest BCUT2D eigenvalue weighted by atomic mass is 79.9. The number of halogens is 1. The number of benzene rings is 1. The van der Waals surface area contributed by atoms with Crippen LogP contribution in [0.4, 0.5) is 0 Å². The van der Waals surface area contributed by atoms with E-state index in [0.29, 0.717) is 19.4 Å². The van der Waals surface area contributed by atoms with Crippen molar-refractivity contribution in [2.24, 2.45) is 0 Å². The molecule has 0 aliphatic rings. The topological polar surface area (TPSA) is 49.3 Å². The van der Waals surface area contributed by atoms with E-state index in [1.54, 1.807) is 6.92 Å². The van der Waals surface area contributed by atoms with Crippen LogP contribution in [0.2, 0.25) is 0 Å². The van der Waals surface area contributed by atoms with E-state index in [2.05, 4.69) is 21.2 Å². The molecule has 2 unspecified atom stereocenters. The molecule has 20 heavy (non-hydrogen) atoms. The van der Waals surface area contributed by atoms with E-state index in [1.807, 2.05) is 38.1 Å². The summed E-state index contributed by atoms with van der Waals surface area (Å²) in [4.78, 5) is 11.9. The molecule has 0 aromatic heterocycles. The lowest BCUT2D eigenvalue weighted by molar-refractivity contribution is -0.122. The number of nitrogens with one attached hydrogen (secondary N) is 1. The standard InChI is InChI=1S/C16H24BrNO2/c1-4-9-16(3,20)11-18-15(19)10-12(2)13-5-7-14(17)8-6-13/h5-8,12,20H,4,9-11H2,1-3H3,(H,18,19). The van der Waals surface area contributed by atoms with E-state index in [0.717, 1.165) is 16.5 Å². The number of carbonyl (C=O) groups excluding carboxylic acids is 1. The lowest BCUT2D eigenvalue weighted by Gasteiger charge is -2.23. The normalized spacial score (nSPS) is 15.4. The maximum absolute atomic E-state index is 11.9. The van der Waals surface area contributed by atoms with E-state index in [9.17, 15) is 9.90 Å². The van der Waals surface area contributed by atoms with Crippen molar-refractivity contribution in [2.45, 2.75) is 51.6 Å². The van der Waals surface area contributed by atoms with E-state index in [-0.39, 0.29) is 11.8 Å². The van der Waals surface area contributed by atoms with E-state index >= 15 is 0 Å². The fourth-order valence-electron chi connectivity index (χ4n) is 2.18. The first-order valence-corrected chi connectivity index (χ1v) is 7.88. The van der Waals surface area contributed by atoms with Gasteiger partial charge in [-0.15, -0.1) is 0 Å². The van der Waals surface area contributed by atoms with Gasteiger partial charge in [-0.05, 0) is 37.0 Å². The number of rotatable bonds is 7. The summed E-state index contributed by atoms with van der Waals surface area (Å²) in [6, 6.07) is 8.01. The van der Waals surface area contributed by atoms with E-state index in [1.165, 1.54) is 0 Å². The molecule has 1 rings (SSSR count). The Bertz CT molecular complexity index is 429. The molecule has 0 aliphatic carbocycles. The third-order valence-corrected chi connectivity index (χ3v) is 3.91. The number of hydrogen-bond acceptors (Lipinski definition) is 2. The second-order valence-electron chi connectivity index (χ2n) is 5.68. The molecule has 0 spiro atoms. The molecular formula is C16H24BrNO2. The predicted octanol–water partition coefficient (Wildman–Crippen LogP) is 3.61. The molecule has 112 valence electrons. The quantitative estimate of drug-likeness (QED) is 0.795. The second-order valence-corrected chi connectivity index (χ2v) is 6.60. The molecule has 1 aromatic carbocycles. The highest BCUT2D eigenvalue weighted by Gasteiger charge is 2.20. The van der Waals surface area contributed by atoms with Crippen molar-refractivity contribution < 1.29 is 9.90 Å². The Balaban J connectivity index is 2.44. The maximum atomic E-state index is 11.9. The molecular weight excluding hydrogens is 318 g/mol. The Morgan fingerprint density at radius 2 is 2.00 bits per heavy atom. The highest BCUT2D eigenvalue weighted by Crippen LogP contribution is 2.21. The van der Waals surface area contributed by atoms with Crippen molar-refractivity contribution in [1.82, 2.24) is 5.32 Å². The van der Waals surface area contributed by atoms with Gasteiger partial charge in [0.05, 0.1) is 5.60 Å². The van der Waals surface area contributed by atoms with Gasteiger partial charge in [-0.25, -0.2) is 0 Å². The summed E-state index contributed by atoms with van der Waals surface area (Å²) in [6.07, 6.45) is 2.03. The Morgan fingerprint density at radius 3 is 2.55 bits per heavy atom. The third kappa shape index (κ3) is 6.06. The molecule has 0 bridgehead atoms. The summed E-state index contributed by atoms with van der Waals surface area (Å²) in [6.45, 7) is 6.13. The second kappa shape index (κ2) is 7.79. The van der Waals surface area contributed by atoms with Crippen LogP contribution in [0.25, 0.3) is 0 Å². The lowest BCUT2D eigenvalue weighted by Crippen LogP contribution is -2.40. The fraction of sp³-hybridized carbons (Fsp3) is 0.562. The largest absolute Gasteiger partial charge is 0.388 e. The van der Waals surface area contributed by atoms with Crippen LogP contribution in [-0.2, 0) is 4.79 Å². The molecule has 3 nitrogen and oxygen atoms in total. The molecule has 0 fully saturated rings. The molecule has 4 heteroatoms. The first kappa shape index (κ1) is 17.2. The van der Waals surface area contributed by atoms with Crippen LogP contribution in [0.15, 0.2) is 28.7 Å². The number of hydrogen-bond donors (Lipinski definition) is 2. The first-order chi connectivity index (χ1) is 9.34. The van der Waals surface area contributed by atoms with Crippen molar-refractivity contribution in [2.75, 3.05) is 6.54 Å². The average molecular weight is 342 g/mol. The minimum Gasteiger partial charge on any atom is -0.388 e. The van der Waals surface area contributed by atoms with Gasteiger partial charge in [0.15, 0.2) is 0 Å². The minimum atomic E-state index is -0.814. The van der Waals surface area contributed by atoms with Crippen molar-refractivity contribution in [3.8, 4) is 0 Å². The van der Waals surface area contributed by atoms with Gasteiger partial charge in [0, 0.05) is 17.4 Å². The molecule has 0 aliphatic heterocycles. The zero-order valence-corrected chi connectivity index (χ0v) is 14.0. The lowest BCUT2D eigenvalue weighted by atomic mass is 9.97. The van der Waals surface area contributed by atoms with Crippen LogP contribution >= 0.6 is 15.9 Å². The molecule has 0 saturated heterocycles. The molecule has 0 heterocycles. The molecule has 0 saturated carbocycles.